The summed E-state index contributed by atoms with van der Waals surface area (Å²) in [7, 11) is 0. The van der Waals surface area contributed by atoms with E-state index in [4.69, 9.17) is 4.99 Å². The molecule has 3 aromatic carbocycles. The van der Waals surface area contributed by atoms with E-state index in [0.717, 1.165) is 36.1 Å². The van der Waals surface area contributed by atoms with Crippen LogP contribution in [0.3, 0.4) is 0 Å². The van der Waals surface area contributed by atoms with Gasteiger partial charge in [-0.05, 0) is 42.1 Å². The molecule has 0 bridgehead atoms. The number of carboxylic acids is 1. The van der Waals surface area contributed by atoms with Crippen molar-refractivity contribution in [3.8, 4) is 0 Å². The van der Waals surface area contributed by atoms with Gasteiger partial charge in [0.25, 0.3) is 0 Å². The SMILES string of the molecule is O=C(O)C(Cc1ccccc1)N=C(c1ccccc1)c1ccccc1[N-]C(=O)C1CCCN1Cc1cccnc1.[Ni+2]. The molecular weight excluding hydrogens is 559 g/mol. The summed E-state index contributed by atoms with van der Waals surface area (Å²) in [5.74, 6) is -1.22. The summed E-state index contributed by atoms with van der Waals surface area (Å²) < 4.78 is 0. The first-order valence-corrected chi connectivity index (χ1v) is 13.5. The number of pyridine rings is 1. The maximum Gasteiger partial charge on any atom is 2.00 e. The fraction of sp³-hybridized carbons (Fsp3) is 0.212. The van der Waals surface area contributed by atoms with Gasteiger partial charge < -0.3 is 15.2 Å². The number of aliphatic carboxylic acids is 1. The van der Waals surface area contributed by atoms with Crippen LogP contribution in [0.25, 0.3) is 5.32 Å². The Morgan fingerprint density at radius 3 is 2.32 bits per heavy atom. The third-order valence-corrected chi connectivity index (χ3v) is 7.04. The molecule has 1 amide bonds. The van der Waals surface area contributed by atoms with Crippen molar-refractivity contribution >= 4 is 23.3 Å². The minimum Gasteiger partial charge on any atom is -0.625 e. The number of hydrogen-bond acceptors (Lipinski definition) is 5. The normalized spacial score (nSPS) is 16.0. The third kappa shape index (κ3) is 7.75. The van der Waals surface area contributed by atoms with Crippen LogP contribution in [-0.4, -0.2) is 51.2 Å². The van der Waals surface area contributed by atoms with Gasteiger partial charge in [-0.25, -0.2) is 4.79 Å². The summed E-state index contributed by atoms with van der Waals surface area (Å²) in [5.41, 5.74) is 4.30. The van der Waals surface area contributed by atoms with Crippen LogP contribution in [0.2, 0.25) is 0 Å². The van der Waals surface area contributed by atoms with Gasteiger partial charge in [0.2, 0.25) is 0 Å². The van der Waals surface area contributed by atoms with Crippen molar-refractivity contribution in [3.63, 3.8) is 0 Å². The number of para-hydroxylation sites is 1. The third-order valence-electron chi connectivity index (χ3n) is 7.04. The van der Waals surface area contributed by atoms with E-state index < -0.39 is 12.0 Å². The molecule has 1 saturated heterocycles. The van der Waals surface area contributed by atoms with Crippen LogP contribution in [0.15, 0.2) is 114 Å². The number of likely N-dealkylation sites (tertiary alicyclic amines) is 1. The molecule has 2 unspecified atom stereocenters. The molecule has 2 atom stereocenters. The number of carbonyl (C=O) groups excluding carboxylic acids is 1. The Balaban J connectivity index is 0.00000387. The van der Waals surface area contributed by atoms with Crippen LogP contribution < -0.4 is 0 Å². The molecule has 1 aromatic heterocycles. The van der Waals surface area contributed by atoms with Gasteiger partial charge in [0, 0.05) is 30.9 Å². The fourth-order valence-corrected chi connectivity index (χ4v) is 5.06. The minimum absolute atomic E-state index is 0. The van der Waals surface area contributed by atoms with Crippen molar-refractivity contribution in [2.24, 2.45) is 4.99 Å². The predicted octanol–water partition coefficient (Wildman–Crippen LogP) is 5.81. The predicted molar refractivity (Wildman–Crippen MR) is 156 cm³/mol. The van der Waals surface area contributed by atoms with E-state index in [9.17, 15) is 14.7 Å². The fourth-order valence-electron chi connectivity index (χ4n) is 5.06. The van der Waals surface area contributed by atoms with Gasteiger partial charge in [-0.15, -0.1) is 5.69 Å². The number of amides is 1. The number of nitrogens with zero attached hydrogens (tertiary/aromatic N) is 4. The quantitative estimate of drug-likeness (QED) is 0.186. The van der Waals surface area contributed by atoms with E-state index in [1.54, 1.807) is 12.3 Å². The van der Waals surface area contributed by atoms with Crippen molar-refractivity contribution in [1.29, 1.82) is 0 Å². The molecule has 0 radical (unpaired) electrons. The first-order chi connectivity index (χ1) is 19.6. The number of aliphatic imine (C=N–C) groups is 1. The summed E-state index contributed by atoms with van der Waals surface area (Å²) in [6.45, 7) is 1.46. The Morgan fingerprint density at radius 2 is 1.61 bits per heavy atom. The monoisotopic (exact) mass is 589 g/mol. The smallest absolute Gasteiger partial charge is 0.625 e. The Labute approximate surface area is 250 Å². The molecule has 0 spiro atoms. The molecule has 1 aliphatic rings. The molecule has 0 aliphatic carbocycles. The second kappa shape index (κ2) is 14.5. The Bertz CT molecular complexity index is 1470. The van der Waals surface area contributed by atoms with Gasteiger partial charge in [-0.1, -0.05) is 91.0 Å². The topological polar surface area (TPSA) is 97.0 Å². The zero-order chi connectivity index (χ0) is 27.7. The van der Waals surface area contributed by atoms with Crippen LogP contribution in [0.1, 0.15) is 35.1 Å². The average Bonchev–Trinajstić information content (AvgIpc) is 3.45. The van der Waals surface area contributed by atoms with Crippen LogP contribution in [0, 0.1) is 0 Å². The summed E-state index contributed by atoms with van der Waals surface area (Å²) in [4.78, 5) is 37.0. The first-order valence-electron chi connectivity index (χ1n) is 13.5. The van der Waals surface area contributed by atoms with E-state index in [1.807, 2.05) is 97.2 Å². The van der Waals surface area contributed by atoms with Gasteiger partial charge >= 0.3 is 22.5 Å². The molecule has 41 heavy (non-hydrogen) atoms. The number of aromatic nitrogens is 1. The number of carboxylic acid groups (broad SMARTS) is 1. The Hall–Kier alpha value is -4.13. The van der Waals surface area contributed by atoms with Gasteiger partial charge in [0.15, 0.2) is 6.04 Å². The van der Waals surface area contributed by atoms with Crippen molar-refractivity contribution < 1.29 is 31.2 Å². The zero-order valence-electron chi connectivity index (χ0n) is 22.5. The number of rotatable bonds is 10. The van der Waals surface area contributed by atoms with Gasteiger partial charge in [0.1, 0.15) is 0 Å². The van der Waals surface area contributed by atoms with Crippen LogP contribution in [-0.2, 0) is 39.0 Å². The largest absolute Gasteiger partial charge is 2.00 e. The molecule has 1 aliphatic heterocycles. The second-order valence-electron chi connectivity index (χ2n) is 9.84. The van der Waals surface area contributed by atoms with Gasteiger partial charge in [0.05, 0.1) is 17.7 Å². The van der Waals surface area contributed by atoms with Crippen molar-refractivity contribution in [2.45, 2.75) is 37.9 Å². The Morgan fingerprint density at radius 1 is 0.927 bits per heavy atom. The zero-order valence-corrected chi connectivity index (χ0v) is 23.4. The van der Waals surface area contributed by atoms with E-state index in [2.05, 4.69) is 15.2 Å². The van der Waals surface area contributed by atoms with Crippen molar-refractivity contribution in [1.82, 2.24) is 9.88 Å². The van der Waals surface area contributed by atoms with E-state index in [-0.39, 0.29) is 34.9 Å². The molecule has 1 fully saturated rings. The maximum atomic E-state index is 13.5. The molecule has 5 rings (SSSR count). The average molecular weight is 590 g/mol. The molecule has 7 nitrogen and oxygen atoms in total. The van der Waals surface area contributed by atoms with E-state index >= 15 is 0 Å². The molecule has 210 valence electrons. The van der Waals surface area contributed by atoms with Crippen molar-refractivity contribution in [2.75, 3.05) is 6.54 Å². The van der Waals surface area contributed by atoms with E-state index in [1.165, 1.54) is 0 Å². The van der Waals surface area contributed by atoms with Gasteiger partial charge in [-0.3, -0.25) is 14.9 Å². The van der Waals surface area contributed by atoms with Crippen LogP contribution in [0.5, 0.6) is 0 Å². The van der Waals surface area contributed by atoms with E-state index in [0.29, 0.717) is 23.5 Å². The maximum absolute atomic E-state index is 13.5. The molecule has 4 aromatic rings. The summed E-state index contributed by atoms with van der Waals surface area (Å²) in [5, 5.41) is 14.7. The van der Waals surface area contributed by atoms with Crippen molar-refractivity contribution in [3.05, 3.63) is 137 Å². The molecule has 0 saturated carbocycles. The first kappa shape index (κ1) is 29.8. The molecule has 8 heteroatoms. The summed E-state index contributed by atoms with van der Waals surface area (Å²) >= 11 is 0. The number of hydrogen-bond donors (Lipinski definition) is 1. The standard InChI is InChI=1S/C33H32N4O3.Ni/c38-32(30-18-10-20-37(30)23-25-13-9-19-34-22-25)36-28-17-8-7-16-27(28)31(26-14-5-2-6-15-26)35-29(33(39)40)21-24-11-3-1-4-12-24;/h1-9,11-17,19,22,29-30H,10,18,20-21,23H2,(H2,35,36,38,39,40);/q;+2/p-1. The minimum atomic E-state index is -1.01. The van der Waals surface area contributed by atoms with Crippen LogP contribution >= 0.6 is 0 Å². The molecule has 2 heterocycles. The number of carbonyl (C=O) groups is 2. The van der Waals surface area contributed by atoms with Crippen LogP contribution in [0.4, 0.5) is 5.69 Å². The van der Waals surface area contributed by atoms with Gasteiger partial charge in [-0.2, -0.15) is 0 Å². The molecule has 1 N–H and O–H groups in total. The summed E-state index contributed by atoms with van der Waals surface area (Å²) in [6.07, 6.45) is 5.47. The molecular formula is C33H31N4NiO3+. The Kier molecular flexibility index (Phi) is 10.5. The second-order valence-corrected chi connectivity index (χ2v) is 9.84. The number of benzene rings is 3. The summed E-state index contributed by atoms with van der Waals surface area (Å²) in [6, 6.07) is 28.8.